The molecule has 2 aliphatic rings. The van der Waals surface area contributed by atoms with Gasteiger partial charge in [0.05, 0.1) is 6.04 Å². The summed E-state index contributed by atoms with van der Waals surface area (Å²) in [7, 11) is 1.92. The first-order valence-electron chi connectivity index (χ1n) is 8.85. The molecule has 0 atom stereocenters. The van der Waals surface area contributed by atoms with Gasteiger partial charge in [0.15, 0.2) is 11.5 Å². The van der Waals surface area contributed by atoms with Crippen LogP contribution in [0.2, 0.25) is 0 Å². The van der Waals surface area contributed by atoms with Crippen molar-refractivity contribution in [1.29, 1.82) is 0 Å². The summed E-state index contributed by atoms with van der Waals surface area (Å²) < 4.78 is 1.75. The summed E-state index contributed by atoms with van der Waals surface area (Å²) >= 11 is 0. The molecule has 0 N–H and O–H groups in total. The second kappa shape index (κ2) is 5.76. The number of anilines is 1. The molecule has 3 aromatic rings. The number of rotatable bonds is 4. The lowest BCUT2D eigenvalue weighted by Gasteiger charge is -2.44. The maximum atomic E-state index is 12.2. The zero-order valence-corrected chi connectivity index (χ0v) is 14.5. The molecule has 1 saturated carbocycles. The number of hydrogen-bond donors (Lipinski definition) is 0. The molecular formula is C18H19N7O. The van der Waals surface area contributed by atoms with E-state index in [1.807, 2.05) is 36.2 Å². The molecule has 26 heavy (non-hydrogen) atoms. The van der Waals surface area contributed by atoms with Crippen molar-refractivity contribution in [3.8, 4) is 11.4 Å². The van der Waals surface area contributed by atoms with Crippen LogP contribution in [0, 0.1) is 5.92 Å². The summed E-state index contributed by atoms with van der Waals surface area (Å²) in [6, 6.07) is 7.94. The fraction of sp³-hybridized carbons (Fsp3) is 0.389. The SMILES string of the molecule is CN(C(=O)C1CC1)C1CN(c2ccc3nnc(-c4cccnc4)n3n2)C1. The Kier molecular flexibility index (Phi) is 3.37. The van der Waals surface area contributed by atoms with Gasteiger partial charge in [-0.05, 0) is 37.1 Å². The van der Waals surface area contributed by atoms with E-state index in [1.54, 1.807) is 16.9 Å². The number of carbonyl (C=O) groups is 1. The van der Waals surface area contributed by atoms with Gasteiger partial charge in [-0.25, -0.2) is 0 Å². The molecule has 4 heterocycles. The molecule has 1 amide bonds. The van der Waals surface area contributed by atoms with Crippen LogP contribution >= 0.6 is 0 Å². The van der Waals surface area contributed by atoms with Gasteiger partial charge in [-0.15, -0.1) is 15.3 Å². The smallest absolute Gasteiger partial charge is 0.225 e. The Balaban J connectivity index is 1.36. The first-order valence-corrected chi connectivity index (χ1v) is 8.85. The summed E-state index contributed by atoms with van der Waals surface area (Å²) in [5, 5.41) is 13.1. The fourth-order valence-corrected chi connectivity index (χ4v) is 3.31. The largest absolute Gasteiger partial charge is 0.351 e. The van der Waals surface area contributed by atoms with E-state index in [9.17, 15) is 4.79 Å². The highest BCUT2D eigenvalue weighted by molar-refractivity contribution is 5.81. The standard InChI is InChI=1S/C18H19N7O/c1-23(18(26)12-4-5-12)14-10-24(11-14)16-7-6-15-20-21-17(25(15)22-16)13-3-2-8-19-9-13/h2-3,6-9,12,14H,4-5,10-11H2,1H3. The Bertz CT molecular complexity index is 960. The Hall–Kier alpha value is -3.03. The van der Waals surface area contributed by atoms with Crippen molar-refractivity contribution in [2.45, 2.75) is 18.9 Å². The van der Waals surface area contributed by atoms with E-state index in [2.05, 4.69) is 20.1 Å². The zero-order valence-electron chi connectivity index (χ0n) is 14.5. The van der Waals surface area contributed by atoms with Crippen LogP contribution in [0.3, 0.4) is 0 Å². The van der Waals surface area contributed by atoms with E-state index >= 15 is 0 Å². The number of hydrogen-bond acceptors (Lipinski definition) is 6. The van der Waals surface area contributed by atoms with Gasteiger partial charge in [-0.3, -0.25) is 9.78 Å². The van der Waals surface area contributed by atoms with Crippen molar-refractivity contribution >= 4 is 17.4 Å². The van der Waals surface area contributed by atoms with Crippen molar-refractivity contribution in [2.24, 2.45) is 5.92 Å². The third-order valence-corrected chi connectivity index (χ3v) is 5.18. The highest BCUT2D eigenvalue weighted by atomic mass is 16.2. The van der Waals surface area contributed by atoms with Crippen molar-refractivity contribution in [1.82, 2.24) is 29.7 Å². The molecule has 2 fully saturated rings. The lowest BCUT2D eigenvalue weighted by atomic mass is 10.1. The average Bonchev–Trinajstić information content (AvgIpc) is 3.40. The molecule has 0 spiro atoms. The van der Waals surface area contributed by atoms with Gasteiger partial charge in [-0.1, -0.05) is 0 Å². The van der Waals surface area contributed by atoms with E-state index in [1.165, 1.54) is 0 Å². The predicted octanol–water partition coefficient (Wildman–Crippen LogP) is 1.24. The molecule has 0 radical (unpaired) electrons. The third-order valence-electron chi connectivity index (χ3n) is 5.18. The van der Waals surface area contributed by atoms with Gasteiger partial charge < -0.3 is 9.80 Å². The molecule has 3 aromatic heterocycles. The lowest BCUT2D eigenvalue weighted by Crippen LogP contribution is -2.60. The van der Waals surface area contributed by atoms with Gasteiger partial charge in [0, 0.05) is 44.0 Å². The van der Waals surface area contributed by atoms with Crippen molar-refractivity contribution in [2.75, 3.05) is 25.0 Å². The van der Waals surface area contributed by atoms with Crippen LogP contribution in [-0.4, -0.2) is 61.8 Å². The molecule has 1 aliphatic carbocycles. The van der Waals surface area contributed by atoms with Crippen molar-refractivity contribution in [3.63, 3.8) is 0 Å². The van der Waals surface area contributed by atoms with Crippen LogP contribution in [0.5, 0.6) is 0 Å². The molecule has 0 unspecified atom stereocenters. The Morgan fingerprint density at radius 1 is 1.19 bits per heavy atom. The number of carbonyl (C=O) groups excluding carboxylic acids is 1. The number of aromatic nitrogens is 5. The number of likely N-dealkylation sites (N-methyl/N-ethyl adjacent to an activating group) is 1. The molecular weight excluding hydrogens is 330 g/mol. The Morgan fingerprint density at radius 2 is 2.04 bits per heavy atom. The van der Waals surface area contributed by atoms with Gasteiger partial charge in [0.2, 0.25) is 5.91 Å². The minimum Gasteiger partial charge on any atom is -0.351 e. The van der Waals surface area contributed by atoms with E-state index in [4.69, 9.17) is 5.10 Å². The monoisotopic (exact) mass is 349 g/mol. The normalized spacial score (nSPS) is 17.3. The lowest BCUT2D eigenvalue weighted by molar-refractivity contribution is -0.133. The summed E-state index contributed by atoms with van der Waals surface area (Å²) in [5.41, 5.74) is 1.58. The zero-order chi connectivity index (χ0) is 17.7. The Labute approximate surface area is 150 Å². The van der Waals surface area contributed by atoms with Crippen LogP contribution < -0.4 is 4.90 Å². The quantitative estimate of drug-likeness (QED) is 0.705. The Morgan fingerprint density at radius 3 is 2.77 bits per heavy atom. The predicted molar refractivity (Wildman–Crippen MR) is 95.5 cm³/mol. The molecule has 0 bridgehead atoms. The van der Waals surface area contributed by atoms with Gasteiger partial charge in [0.25, 0.3) is 0 Å². The minimum absolute atomic E-state index is 0.263. The van der Waals surface area contributed by atoms with Crippen LogP contribution in [0.4, 0.5) is 5.82 Å². The summed E-state index contributed by atoms with van der Waals surface area (Å²) in [4.78, 5) is 20.4. The van der Waals surface area contributed by atoms with Crippen LogP contribution in [0.1, 0.15) is 12.8 Å². The molecule has 1 saturated heterocycles. The maximum Gasteiger partial charge on any atom is 0.225 e. The van der Waals surface area contributed by atoms with Crippen molar-refractivity contribution < 1.29 is 4.79 Å². The minimum atomic E-state index is 0.263. The number of fused-ring (bicyclic) bond motifs is 1. The second-order valence-electron chi connectivity index (χ2n) is 7.01. The number of amides is 1. The summed E-state index contributed by atoms with van der Waals surface area (Å²) in [5.74, 6) is 2.09. The third kappa shape index (κ3) is 2.49. The molecule has 5 rings (SSSR count). The van der Waals surface area contributed by atoms with Gasteiger partial charge >= 0.3 is 0 Å². The summed E-state index contributed by atoms with van der Waals surface area (Å²) in [6.45, 7) is 1.61. The van der Waals surface area contributed by atoms with Crippen LogP contribution in [0.25, 0.3) is 17.0 Å². The molecule has 8 nitrogen and oxygen atoms in total. The average molecular weight is 349 g/mol. The van der Waals surface area contributed by atoms with Gasteiger partial charge in [0.1, 0.15) is 5.82 Å². The van der Waals surface area contributed by atoms with Crippen LogP contribution in [-0.2, 0) is 4.79 Å². The topological polar surface area (TPSA) is 79.5 Å². The molecule has 1 aliphatic heterocycles. The molecule has 0 aromatic carbocycles. The van der Waals surface area contributed by atoms with E-state index in [0.29, 0.717) is 11.5 Å². The molecule has 132 valence electrons. The van der Waals surface area contributed by atoms with Crippen molar-refractivity contribution in [3.05, 3.63) is 36.7 Å². The highest BCUT2D eigenvalue weighted by Crippen LogP contribution is 2.32. The van der Waals surface area contributed by atoms with E-state index < -0.39 is 0 Å². The first kappa shape index (κ1) is 15.2. The van der Waals surface area contributed by atoms with Crippen LogP contribution in [0.15, 0.2) is 36.7 Å². The fourth-order valence-electron chi connectivity index (χ4n) is 3.31. The number of nitrogens with zero attached hydrogens (tertiary/aromatic N) is 7. The highest BCUT2D eigenvalue weighted by Gasteiger charge is 2.39. The van der Waals surface area contributed by atoms with E-state index in [0.717, 1.165) is 37.3 Å². The van der Waals surface area contributed by atoms with E-state index in [-0.39, 0.29) is 17.9 Å². The number of pyridine rings is 1. The second-order valence-corrected chi connectivity index (χ2v) is 7.01. The first-order chi connectivity index (χ1) is 12.7. The summed E-state index contributed by atoms with van der Waals surface area (Å²) in [6.07, 6.45) is 5.57. The van der Waals surface area contributed by atoms with Gasteiger partial charge in [-0.2, -0.15) is 4.52 Å². The maximum absolute atomic E-state index is 12.2. The molecule has 8 heteroatoms.